The molecule has 102 valence electrons. The zero-order chi connectivity index (χ0) is 14.2. The van der Waals surface area contributed by atoms with Crippen molar-refractivity contribution in [3.05, 3.63) is 54.2 Å². The molecule has 0 saturated carbocycles. The molecule has 2 heterocycles. The number of hydrogen-bond donors (Lipinski definition) is 3. The molecule has 0 atom stereocenters. The fourth-order valence-corrected chi connectivity index (χ4v) is 2.35. The molecule has 0 spiro atoms. The van der Waals surface area contributed by atoms with Crippen LogP contribution in [0.3, 0.4) is 0 Å². The smallest absolute Gasteiger partial charge is 0.272 e. The van der Waals surface area contributed by atoms with E-state index >= 15 is 0 Å². The molecular weight excluding hydrogens is 266 g/mol. The summed E-state index contributed by atoms with van der Waals surface area (Å²) < 4.78 is 0. The Morgan fingerprint density at radius 2 is 1.95 bits per heavy atom. The molecule has 0 aliphatic rings. The Bertz CT molecular complexity index is 920. The molecule has 0 radical (unpaired) electrons. The molecule has 0 aliphatic heterocycles. The molecule has 0 fully saturated rings. The normalized spacial score (nSPS) is 11.0. The second kappa shape index (κ2) is 4.45. The van der Waals surface area contributed by atoms with Gasteiger partial charge in [-0.2, -0.15) is 15.4 Å². The highest BCUT2D eigenvalue weighted by Crippen LogP contribution is 2.20. The summed E-state index contributed by atoms with van der Waals surface area (Å²) >= 11 is 0. The van der Waals surface area contributed by atoms with Crippen LogP contribution in [0.15, 0.2) is 48.5 Å². The van der Waals surface area contributed by atoms with E-state index in [9.17, 15) is 4.79 Å². The van der Waals surface area contributed by atoms with Crippen LogP contribution in [0.1, 0.15) is 10.5 Å². The van der Waals surface area contributed by atoms with Crippen LogP contribution in [0, 0.1) is 0 Å². The Morgan fingerprint density at radius 3 is 2.86 bits per heavy atom. The van der Waals surface area contributed by atoms with E-state index in [-0.39, 0.29) is 5.91 Å². The third-order valence-corrected chi connectivity index (χ3v) is 3.37. The lowest BCUT2D eigenvalue weighted by Gasteiger charge is -2.03. The van der Waals surface area contributed by atoms with Gasteiger partial charge in [0.05, 0.1) is 5.69 Å². The van der Waals surface area contributed by atoms with E-state index < -0.39 is 0 Å². The number of carbonyl (C=O) groups excluding carboxylic acids is 1. The fraction of sp³-hybridized carbons (Fsp3) is 0. The van der Waals surface area contributed by atoms with Crippen molar-refractivity contribution < 1.29 is 4.79 Å². The molecule has 0 unspecified atom stereocenters. The number of para-hydroxylation sites is 2. The lowest BCUT2D eigenvalue weighted by atomic mass is 10.2. The van der Waals surface area contributed by atoms with Gasteiger partial charge >= 0.3 is 0 Å². The van der Waals surface area contributed by atoms with E-state index in [1.54, 1.807) is 6.07 Å². The van der Waals surface area contributed by atoms with Gasteiger partial charge in [-0.25, -0.2) is 0 Å². The van der Waals surface area contributed by atoms with E-state index in [2.05, 4.69) is 25.7 Å². The minimum Gasteiger partial charge on any atom is -0.351 e. The first-order valence-electron chi connectivity index (χ1n) is 6.50. The summed E-state index contributed by atoms with van der Waals surface area (Å²) in [5.41, 5.74) is 3.43. The Labute approximate surface area is 119 Å². The Hall–Kier alpha value is -3.15. The molecule has 2 aromatic carbocycles. The third-order valence-electron chi connectivity index (χ3n) is 3.37. The Kier molecular flexibility index (Phi) is 2.47. The minimum atomic E-state index is -0.207. The Morgan fingerprint density at radius 1 is 1.05 bits per heavy atom. The average Bonchev–Trinajstić information content (AvgIpc) is 3.14. The maximum absolute atomic E-state index is 12.3. The van der Waals surface area contributed by atoms with Crippen molar-refractivity contribution in [3.8, 4) is 0 Å². The van der Waals surface area contributed by atoms with Crippen molar-refractivity contribution in [1.29, 1.82) is 0 Å². The number of hydrogen-bond acceptors (Lipinski definition) is 3. The van der Waals surface area contributed by atoms with Gasteiger partial charge in [-0.3, -0.25) is 4.79 Å². The second-order valence-corrected chi connectivity index (χ2v) is 4.72. The molecule has 21 heavy (non-hydrogen) atoms. The first-order chi connectivity index (χ1) is 10.3. The standard InChI is InChI=1S/C15H11N5O/c21-15(13-8-9-4-1-2-5-10(9)16-13)17-11-6-3-7-12-14(11)19-20-18-12/h1-8,16H,(H,17,21)(H,18,19,20). The highest BCUT2D eigenvalue weighted by molar-refractivity contribution is 6.08. The molecule has 6 heteroatoms. The largest absolute Gasteiger partial charge is 0.351 e. The lowest BCUT2D eigenvalue weighted by molar-refractivity contribution is 0.102. The van der Waals surface area contributed by atoms with Gasteiger partial charge in [0, 0.05) is 10.9 Å². The minimum absolute atomic E-state index is 0.207. The maximum Gasteiger partial charge on any atom is 0.272 e. The van der Waals surface area contributed by atoms with Gasteiger partial charge in [0.1, 0.15) is 16.7 Å². The summed E-state index contributed by atoms with van der Waals surface area (Å²) in [6.45, 7) is 0. The number of anilines is 1. The molecule has 1 amide bonds. The molecule has 3 N–H and O–H groups in total. The van der Waals surface area contributed by atoms with Gasteiger partial charge < -0.3 is 10.3 Å². The van der Waals surface area contributed by atoms with Gasteiger partial charge in [-0.05, 0) is 24.3 Å². The number of aromatic nitrogens is 4. The summed E-state index contributed by atoms with van der Waals surface area (Å²) in [4.78, 5) is 15.5. The quantitative estimate of drug-likeness (QED) is 0.526. The SMILES string of the molecule is O=C(Nc1cccc2n[nH]nc12)c1cc2ccccc2[nH]1. The number of amides is 1. The highest BCUT2D eigenvalue weighted by atomic mass is 16.1. The fourth-order valence-electron chi connectivity index (χ4n) is 2.35. The van der Waals surface area contributed by atoms with E-state index in [0.717, 1.165) is 10.9 Å². The predicted octanol–water partition coefficient (Wildman–Crippen LogP) is 2.69. The number of H-pyrrole nitrogens is 2. The molecule has 0 saturated heterocycles. The van der Waals surface area contributed by atoms with Crippen molar-refractivity contribution in [1.82, 2.24) is 20.4 Å². The van der Waals surface area contributed by atoms with Crippen molar-refractivity contribution in [3.63, 3.8) is 0 Å². The van der Waals surface area contributed by atoms with Crippen LogP contribution >= 0.6 is 0 Å². The average molecular weight is 277 g/mol. The van der Waals surface area contributed by atoms with Gasteiger partial charge in [0.2, 0.25) is 0 Å². The number of nitrogens with one attached hydrogen (secondary N) is 3. The van der Waals surface area contributed by atoms with Gasteiger partial charge in [-0.15, -0.1) is 0 Å². The Balaban J connectivity index is 1.70. The van der Waals surface area contributed by atoms with Crippen LogP contribution in [0.5, 0.6) is 0 Å². The van der Waals surface area contributed by atoms with Gasteiger partial charge in [0.25, 0.3) is 5.91 Å². The molecule has 4 aromatic rings. The van der Waals surface area contributed by atoms with E-state index in [1.165, 1.54) is 0 Å². The zero-order valence-corrected chi connectivity index (χ0v) is 10.9. The topological polar surface area (TPSA) is 86.5 Å². The summed E-state index contributed by atoms with van der Waals surface area (Å²) in [6.07, 6.45) is 0. The van der Waals surface area contributed by atoms with E-state index in [1.807, 2.05) is 42.5 Å². The van der Waals surface area contributed by atoms with Crippen LogP contribution in [0.2, 0.25) is 0 Å². The molecular formula is C15H11N5O. The van der Waals surface area contributed by atoms with Crippen LogP contribution in [-0.2, 0) is 0 Å². The number of nitrogens with zero attached hydrogens (tertiary/aromatic N) is 2. The number of benzene rings is 2. The maximum atomic E-state index is 12.3. The van der Waals surface area contributed by atoms with Crippen LogP contribution in [-0.4, -0.2) is 26.3 Å². The van der Waals surface area contributed by atoms with Crippen molar-refractivity contribution >= 4 is 33.5 Å². The number of fused-ring (bicyclic) bond motifs is 2. The number of carbonyl (C=O) groups is 1. The van der Waals surface area contributed by atoms with E-state index in [4.69, 9.17) is 0 Å². The first-order valence-corrected chi connectivity index (χ1v) is 6.50. The van der Waals surface area contributed by atoms with Crippen molar-refractivity contribution in [2.75, 3.05) is 5.32 Å². The predicted molar refractivity (Wildman–Crippen MR) is 80.1 cm³/mol. The zero-order valence-electron chi connectivity index (χ0n) is 10.9. The number of aromatic amines is 2. The second-order valence-electron chi connectivity index (χ2n) is 4.72. The van der Waals surface area contributed by atoms with E-state index in [0.29, 0.717) is 22.4 Å². The highest BCUT2D eigenvalue weighted by Gasteiger charge is 2.12. The molecule has 0 aliphatic carbocycles. The number of rotatable bonds is 2. The summed E-state index contributed by atoms with van der Waals surface area (Å²) in [7, 11) is 0. The molecule has 2 aromatic heterocycles. The molecule has 4 rings (SSSR count). The van der Waals surface area contributed by atoms with Crippen LogP contribution in [0.4, 0.5) is 5.69 Å². The summed E-state index contributed by atoms with van der Waals surface area (Å²) in [5.74, 6) is -0.207. The van der Waals surface area contributed by atoms with Gasteiger partial charge in [-0.1, -0.05) is 24.3 Å². The summed E-state index contributed by atoms with van der Waals surface area (Å²) in [5, 5.41) is 14.5. The van der Waals surface area contributed by atoms with Crippen LogP contribution in [0.25, 0.3) is 21.9 Å². The molecule has 6 nitrogen and oxygen atoms in total. The van der Waals surface area contributed by atoms with Crippen LogP contribution < -0.4 is 5.32 Å². The summed E-state index contributed by atoms with van der Waals surface area (Å²) in [6, 6.07) is 15.0. The van der Waals surface area contributed by atoms with Gasteiger partial charge in [0.15, 0.2) is 0 Å². The molecule has 0 bridgehead atoms. The van der Waals surface area contributed by atoms with Crippen molar-refractivity contribution in [2.24, 2.45) is 0 Å². The third kappa shape index (κ3) is 1.93. The first kappa shape index (κ1) is 11.7. The van der Waals surface area contributed by atoms with Crippen molar-refractivity contribution in [2.45, 2.75) is 0 Å². The lowest BCUT2D eigenvalue weighted by Crippen LogP contribution is -2.12. The monoisotopic (exact) mass is 277 g/mol.